The van der Waals surface area contributed by atoms with Gasteiger partial charge in [0.15, 0.2) is 0 Å². The number of fused-ring (bicyclic) bond motifs is 1. The molecule has 0 bridgehead atoms. The first-order valence-corrected chi connectivity index (χ1v) is 11.3. The number of hydrogen-bond acceptors (Lipinski definition) is 5. The maximum atomic E-state index is 13.3. The van der Waals surface area contributed by atoms with Gasteiger partial charge in [0.05, 0.1) is 30.6 Å². The van der Waals surface area contributed by atoms with Gasteiger partial charge in [-0.15, -0.1) is 0 Å². The molecule has 174 valence electrons. The van der Waals surface area contributed by atoms with Crippen LogP contribution < -0.4 is 15.0 Å². The minimum absolute atomic E-state index is 0.0398. The molecule has 2 aliphatic rings. The summed E-state index contributed by atoms with van der Waals surface area (Å²) in [4.78, 5) is 41.8. The Bertz CT molecular complexity index is 1030. The SMILES string of the molecule is CCC1CN(C(=O)N2CCC(C(=O)Nc3ccccc3C(=O)OC)CC2)c2ccccc2O1. The van der Waals surface area contributed by atoms with E-state index in [4.69, 9.17) is 9.47 Å². The molecule has 0 aliphatic carbocycles. The fourth-order valence-corrected chi connectivity index (χ4v) is 4.31. The summed E-state index contributed by atoms with van der Waals surface area (Å²) in [6.07, 6.45) is 1.89. The molecule has 1 saturated heterocycles. The van der Waals surface area contributed by atoms with Crippen molar-refractivity contribution in [3.8, 4) is 5.75 Å². The molecule has 1 fully saturated rings. The Morgan fingerprint density at radius 2 is 1.76 bits per heavy atom. The maximum Gasteiger partial charge on any atom is 0.339 e. The number of likely N-dealkylation sites (tertiary alicyclic amines) is 1. The Balaban J connectivity index is 1.39. The average molecular weight is 452 g/mol. The predicted molar refractivity (Wildman–Crippen MR) is 125 cm³/mol. The summed E-state index contributed by atoms with van der Waals surface area (Å²) < 4.78 is 10.8. The van der Waals surface area contributed by atoms with Gasteiger partial charge in [-0.05, 0) is 43.5 Å². The van der Waals surface area contributed by atoms with Crippen LogP contribution in [0.3, 0.4) is 0 Å². The number of amides is 3. The number of carbonyl (C=O) groups is 3. The molecule has 2 heterocycles. The zero-order chi connectivity index (χ0) is 23.4. The first-order valence-electron chi connectivity index (χ1n) is 11.3. The van der Waals surface area contributed by atoms with E-state index in [1.165, 1.54) is 7.11 Å². The lowest BCUT2D eigenvalue weighted by Crippen LogP contribution is -2.52. The molecule has 1 N–H and O–H groups in total. The molecule has 2 aliphatic heterocycles. The Kier molecular flexibility index (Phi) is 6.82. The Morgan fingerprint density at radius 1 is 1.06 bits per heavy atom. The Labute approximate surface area is 193 Å². The lowest BCUT2D eigenvalue weighted by Gasteiger charge is -2.39. The van der Waals surface area contributed by atoms with Crippen LogP contribution in [0, 0.1) is 5.92 Å². The third-order valence-electron chi connectivity index (χ3n) is 6.25. The second kappa shape index (κ2) is 9.94. The van der Waals surface area contributed by atoms with Crippen LogP contribution in [0.25, 0.3) is 0 Å². The number of methoxy groups -OCH3 is 1. The molecule has 4 rings (SSSR count). The molecule has 3 amide bonds. The van der Waals surface area contributed by atoms with E-state index in [2.05, 4.69) is 5.32 Å². The van der Waals surface area contributed by atoms with Crippen molar-refractivity contribution in [1.82, 2.24) is 4.90 Å². The summed E-state index contributed by atoms with van der Waals surface area (Å²) in [6, 6.07) is 14.3. The first-order chi connectivity index (χ1) is 16.0. The highest BCUT2D eigenvalue weighted by molar-refractivity contribution is 6.02. The van der Waals surface area contributed by atoms with Crippen molar-refractivity contribution in [2.24, 2.45) is 5.92 Å². The van der Waals surface area contributed by atoms with Gasteiger partial charge in [-0.1, -0.05) is 31.2 Å². The summed E-state index contributed by atoms with van der Waals surface area (Å²) in [6.45, 7) is 3.54. The molecule has 8 nitrogen and oxygen atoms in total. The third kappa shape index (κ3) is 4.79. The standard InChI is InChI=1S/C25H29N3O5/c1-3-18-16-28(21-10-6-7-11-22(21)33-18)25(31)27-14-12-17(13-15-27)23(29)26-20-9-5-4-8-19(20)24(30)32-2/h4-11,17-18H,3,12-16H2,1-2H3,(H,26,29). The van der Waals surface area contributed by atoms with Crippen LogP contribution in [-0.2, 0) is 9.53 Å². The number of benzene rings is 2. The van der Waals surface area contributed by atoms with Crippen LogP contribution in [0.1, 0.15) is 36.5 Å². The number of esters is 1. The van der Waals surface area contributed by atoms with Crippen LogP contribution in [-0.4, -0.2) is 55.7 Å². The van der Waals surface area contributed by atoms with Crippen molar-refractivity contribution in [1.29, 1.82) is 0 Å². The van der Waals surface area contributed by atoms with Gasteiger partial charge in [-0.3, -0.25) is 9.69 Å². The van der Waals surface area contributed by atoms with Crippen molar-refractivity contribution in [3.63, 3.8) is 0 Å². The molecule has 0 radical (unpaired) electrons. The van der Waals surface area contributed by atoms with E-state index in [0.717, 1.165) is 17.9 Å². The van der Waals surface area contributed by atoms with Crippen LogP contribution in [0.2, 0.25) is 0 Å². The van der Waals surface area contributed by atoms with Crippen LogP contribution in [0.4, 0.5) is 16.2 Å². The number of nitrogens with zero attached hydrogens (tertiary/aromatic N) is 2. The number of ether oxygens (including phenoxy) is 2. The maximum absolute atomic E-state index is 13.3. The number of urea groups is 1. The molecular formula is C25H29N3O5. The first kappa shape index (κ1) is 22.6. The number of carbonyl (C=O) groups excluding carboxylic acids is 3. The van der Waals surface area contributed by atoms with Gasteiger partial charge in [0.2, 0.25) is 5.91 Å². The minimum atomic E-state index is -0.498. The van der Waals surface area contributed by atoms with Crippen LogP contribution in [0.5, 0.6) is 5.75 Å². The number of nitrogens with one attached hydrogen (secondary N) is 1. The van der Waals surface area contributed by atoms with E-state index in [0.29, 0.717) is 43.7 Å². The molecule has 2 aromatic carbocycles. The largest absolute Gasteiger partial charge is 0.486 e. The fourth-order valence-electron chi connectivity index (χ4n) is 4.31. The number of anilines is 2. The van der Waals surface area contributed by atoms with E-state index in [1.807, 2.05) is 31.2 Å². The van der Waals surface area contributed by atoms with Crippen molar-refractivity contribution < 1.29 is 23.9 Å². The molecule has 0 aromatic heterocycles. The Hall–Kier alpha value is -3.55. The van der Waals surface area contributed by atoms with Gasteiger partial charge < -0.3 is 19.7 Å². The molecule has 0 spiro atoms. The number of piperidine rings is 1. The topological polar surface area (TPSA) is 88.2 Å². The third-order valence-corrected chi connectivity index (χ3v) is 6.25. The molecule has 2 aromatic rings. The fraction of sp³-hybridized carbons (Fsp3) is 0.400. The van der Waals surface area contributed by atoms with Crippen molar-refractivity contribution in [2.75, 3.05) is 37.0 Å². The summed E-state index contributed by atoms with van der Waals surface area (Å²) in [7, 11) is 1.31. The predicted octanol–water partition coefficient (Wildman–Crippen LogP) is 3.92. The molecule has 8 heteroatoms. The molecule has 0 saturated carbocycles. The normalized spacial score (nSPS) is 18.2. The summed E-state index contributed by atoms with van der Waals surface area (Å²) in [5.74, 6) is -0.161. The van der Waals surface area contributed by atoms with Gasteiger partial charge in [-0.25, -0.2) is 9.59 Å². The van der Waals surface area contributed by atoms with Gasteiger partial charge in [-0.2, -0.15) is 0 Å². The van der Waals surface area contributed by atoms with Crippen LogP contribution >= 0.6 is 0 Å². The van der Waals surface area contributed by atoms with Gasteiger partial charge in [0.25, 0.3) is 0 Å². The zero-order valence-corrected chi connectivity index (χ0v) is 19.0. The quantitative estimate of drug-likeness (QED) is 0.712. The lowest BCUT2D eigenvalue weighted by molar-refractivity contribution is -0.121. The number of para-hydroxylation sites is 3. The summed E-state index contributed by atoms with van der Waals surface area (Å²) in [5.41, 5.74) is 1.53. The molecule has 1 atom stereocenters. The van der Waals surface area contributed by atoms with E-state index in [-0.39, 0.29) is 24.0 Å². The summed E-state index contributed by atoms with van der Waals surface area (Å²) in [5, 5.41) is 2.86. The average Bonchev–Trinajstić information content (AvgIpc) is 2.87. The lowest BCUT2D eigenvalue weighted by atomic mass is 9.95. The van der Waals surface area contributed by atoms with Gasteiger partial charge >= 0.3 is 12.0 Å². The van der Waals surface area contributed by atoms with Crippen molar-refractivity contribution in [3.05, 3.63) is 54.1 Å². The molecular weight excluding hydrogens is 422 g/mol. The highest BCUT2D eigenvalue weighted by atomic mass is 16.5. The monoisotopic (exact) mass is 451 g/mol. The van der Waals surface area contributed by atoms with Crippen LogP contribution in [0.15, 0.2) is 48.5 Å². The van der Waals surface area contributed by atoms with Gasteiger partial charge in [0.1, 0.15) is 11.9 Å². The van der Waals surface area contributed by atoms with E-state index >= 15 is 0 Å². The van der Waals surface area contributed by atoms with E-state index in [9.17, 15) is 14.4 Å². The smallest absolute Gasteiger partial charge is 0.339 e. The molecule has 33 heavy (non-hydrogen) atoms. The highest BCUT2D eigenvalue weighted by Gasteiger charge is 2.34. The second-order valence-electron chi connectivity index (χ2n) is 8.30. The zero-order valence-electron chi connectivity index (χ0n) is 19.0. The molecule has 1 unspecified atom stereocenters. The number of rotatable bonds is 4. The van der Waals surface area contributed by atoms with Crippen molar-refractivity contribution in [2.45, 2.75) is 32.3 Å². The van der Waals surface area contributed by atoms with Crippen molar-refractivity contribution >= 4 is 29.3 Å². The minimum Gasteiger partial charge on any atom is -0.486 e. The Morgan fingerprint density at radius 3 is 2.48 bits per heavy atom. The second-order valence-corrected chi connectivity index (χ2v) is 8.30. The van der Waals surface area contributed by atoms with E-state index in [1.54, 1.807) is 34.1 Å². The summed E-state index contributed by atoms with van der Waals surface area (Å²) >= 11 is 0. The van der Waals surface area contributed by atoms with E-state index < -0.39 is 5.97 Å². The number of hydrogen-bond donors (Lipinski definition) is 1. The highest BCUT2D eigenvalue weighted by Crippen LogP contribution is 2.35. The van der Waals surface area contributed by atoms with Gasteiger partial charge in [0, 0.05) is 19.0 Å².